The highest BCUT2D eigenvalue weighted by atomic mass is 32.2. The Morgan fingerprint density at radius 1 is 0.795 bits per heavy atom. The van der Waals surface area contributed by atoms with Crippen molar-refractivity contribution in [1.29, 1.82) is 0 Å². The Hall–Kier alpha value is -2.16. The number of nitro groups is 1. The topological polar surface area (TPSA) is 158 Å². The van der Waals surface area contributed by atoms with Gasteiger partial charge in [0.2, 0.25) is 5.54 Å². The molecule has 0 aliphatic carbocycles. The number of benzene rings is 2. The fourth-order valence-corrected chi connectivity index (χ4v) is 7.44. The van der Waals surface area contributed by atoms with Gasteiger partial charge in [0, 0.05) is 35.7 Å². The number of rotatable bonds is 15. The highest BCUT2D eigenvalue weighted by Crippen LogP contribution is 2.28. The Labute approximate surface area is 263 Å². The highest BCUT2D eigenvalue weighted by molar-refractivity contribution is 7.86. The molecule has 0 aromatic heterocycles. The maximum Gasteiger partial charge on any atom is 0.295 e. The summed E-state index contributed by atoms with van der Waals surface area (Å²) < 4.78 is 62.7. The zero-order valence-corrected chi connectivity index (χ0v) is 28.4. The first kappa shape index (κ1) is 38.0. The monoisotopic (exact) mass is 657 g/mol. The smallest absolute Gasteiger partial charge is 0.283 e. The molecule has 1 heterocycles. The molecule has 0 spiro atoms. The molecule has 2 unspecified atom stereocenters. The van der Waals surface area contributed by atoms with E-state index in [0.717, 1.165) is 31.9 Å². The predicted octanol–water partition coefficient (Wildman–Crippen LogP) is 6.36. The molecule has 3 rings (SSSR count). The summed E-state index contributed by atoms with van der Waals surface area (Å²) in [5, 5.41) is 11.8. The summed E-state index contributed by atoms with van der Waals surface area (Å²) in [6.07, 6.45) is 9.80. The first-order valence-electron chi connectivity index (χ1n) is 15.6. The van der Waals surface area contributed by atoms with Gasteiger partial charge in [-0.05, 0) is 36.8 Å². The van der Waals surface area contributed by atoms with Crippen LogP contribution in [0.3, 0.4) is 0 Å². The second kappa shape index (κ2) is 17.0. The van der Waals surface area contributed by atoms with E-state index in [4.69, 9.17) is 9.11 Å². The molecule has 13 heteroatoms. The van der Waals surface area contributed by atoms with Crippen molar-refractivity contribution < 1.29 is 30.9 Å². The molecule has 2 aromatic rings. The third kappa shape index (κ3) is 11.0. The van der Waals surface area contributed by atoms with E-state index in [9.17, 15) is 26.9 Å². The first-order chi connectivity index (χ1) is 20.6. The van der Waals surface area contributed by atoms with Crippen molar-refractivity contribution in [3.8, 4) is 0 Å². The second-order valence-electron chi connectivity index (χ2n) is 12.3. The van der Waals surface area contributed by atoms with Crippen LogP contribution in [0.1, 0.15) is 86.0 Å². The van der Waals surface area contributed by atoms with E-state index in [1.54, 1.807) is 0 Å². The minimum atomic E-state index is -4.47. The molecule has 0 saturated carbocycles. The van der Waals surface area contributed by atoms with Crippen LogP contribution in [-0.2, 0) is 20.2 Å². The van der Waals surface area contributed by atoms with Crippen LogP contribution in [-0.4, -0.2) is 79.1 Å². The first-order valence-corrected chi connectivity index (χ1v) is 18.5. The largest absolute Gasteiger partial charge is 0.295 e. The summed E-state index contributed by atoms with van der Waals surface area (Å²) >= 11 is 0. The van der Waals surface area contributed by atoms with Gasteiger partial charge in [-0.25, -0.2) is 0 Å². The van der Waals surface area contributed by atoms with Crippen LogP contribution in [0.5, 0.6) is 0 Å². The van der Waals surface area contributed by atoms with Gasteiger partial charge in [0.1, 0.15) is 9.79 Å². The number of unbranched alkanes of at least 4 members (excludes halogenated alkanes) is 2. The van der Waals surface area contributed by atoms with Crippen LogP contribution in [0, 0.1) is 22.0 Å². The van der Waals surface area contributed by atoms with Gasteiger partial charge >= 0.3 is 0 Å². The third-order valence-corrected chi connectivity index (χ3v) is 10.3. The molecule has 1 saturated heterocycles. The van der Waals surface area contributed by atoms with Crippen LogP contribution in [0.4, 0.5) is 0 Å². The van der Waals surface area contributed by atoms with Crippen LogP contribution >= 0.6 is 0 Å². The fourth-order valence-electron chi connectivity index (χ4n) is 6.02. The maximum atomic E-state index is 11.8. The minimum Gasteiger partial charge on any atom is -0.283 e. The van der Waals surface area contributed by atoms with Crippen molar-refractivity contribution in [2.24, 2.45) is 11.8 Å². The Kier molecular flexibility index (Phi) is 14.6. The summed E-state index contributed by atoms with van der Waals surface area (Å²) in [5.41, 5.74) is -0.843. The van der Waals surface area contributed by atoms with E-state index in [-0.39, 0.29) is 15.7 Å². The SMILES string of the molecule is CCCCC(CC)CN1CN(CC(CC)CCCC)CC(C)([N+](=O)[O-])C1.O=S(=O)(O)c1cccc2c(S(=O)(=O)O)cccc12. The van der Waals surface area contributed by atoms with Crippen LogP contribution in [0.25, 0.3) is 10.8 Å². The molecule has 2 atom stereocenters. The summed E-state index contributed by atoms with van der Waals surface area (Å²) in [4.78, 5) is 15.6. The quantitative estimate of drug-likeness (QED) is 0.125. The van der Waals surface area contributed by atoms with E-state index in [1.807, 2.05) is 6.92 Å². The molecule has 1 fully saturated rings. The molecule has 250 valence electrons. The average Bonchev–Trinajstić information content (AvgIpc) is 2.95. The molecular weight excluding hydrogens is 606 g/mol. The summed E-state index contributed by atoms with van der Waals surface area (Å²) in [7, 11) is -8.94. The number of hydrogen-bond acceptors (Lipinski definition) is 8. The van der Waals surface area contributed by atoms with Gasteiger partial charge in [-0.1, -0.05) is 90.5 Å². The van der Waals surface area contributed by atoms with Crippen molar-refractivity contribution >= 4 is 31.0 Å². The van der Waals surface area contributed by atoms with Crippen LogP contribution in [0.2, 0.25) is 0 Å². The molecule has 1 aliphatic rings. The van der Waals surface area contributed by atoms with Crippen LogP contribution in [0.15, 0.2) is 46.2 Å². The van der Waals surface area contributed by atoms with Crippen LogP contribution < -0.4 is 0 Å². The molecule has 0 bridgehead atoms. The third-order valence-electron chi connectivity index (χ3n) is 8.49. The Morgan fingerprint density at radius 3 is 1.48 bits per heavy atom. The number of nitrogens with zero attached hydrogens (tertiary/aromatic N) is 3. The maximum absolute atomic E-state index is 11.8. The normalized spacial score (nSPS) is 19.7. The lowest BCUT2D eigenvalue weighted by molar-refractivity contribution is -0.570. The van der Waals surface area contributed by atoms with Gasteiger partial charge in [0.05, 0.1) is 19.8 Å². The number of fused-ring (bicyclic) bond motifs is 1. The lowest BCUT2D eigenvalue weighted by Gasteiger charge is -2.43. The lowest BCUT2D eigenvalue weighted by atomic mass is 9.93. The molecule has 2 N–H and O–H groups in total. The Balaban J connectivity index is 0.000000326. The number of hydrogen-bond donors (Lipinski definition) is 2. The van der Waals surface area contributed by atoms with E-state index < -0.39 is 35.6 Å². The van der Waals surface area contributed by atoms with E-state index >= 15 is 0 Å². The lowest BCUT2D eigenvalue weighted by Crippen LogP contribution is -2.62. The van der Waals surface area contributed by atoms with Crippen molar-refractivity contribution in [3.05, 3.63) is 46.5 Å². The van der Waals surface area contributed by atoms with Crippen molar-refractivity contribution in [3.63, 3.8) is 0 Å². The molecule has 44 heavy (non-hydrogen) atoms. The van der Waals surface area contributed by atoms with E-state index in [2.05, 4.69) is 37.5 Å². The molecular formula is C31H51N3O8S2. The molecule has 0 radical (unpaired) electrons. The second-order valence-corrected chi connectivity index (χ2v) is 15.1. The summed E-state index contributed by atoms with van der Waals surface area (Å²) in [6, 6.07) is 7.53. The van der Waals surface area contributed by atoms with Gasteiger partial charge in [-0.2, -0.15) is 16.8 Å². The fraction of sp³-hybridized carbons (Fsp3) is 0.677. The van der Waals surface area contributed by atoms with Gasteiger partial charge in [-0.3, -0.25) is 29.0 Å². The summed E-state index contributed by atoms with van der Waals surface area (Å²) in [6.45, 7) is 14.9. The van der Waals surface area contributed by atoms with Gasteiger partial charge in [-0.15, -0.1) is 0 Å². The minimum absolute atomic E-state index is 0.0233. The van der Waals surface area contributed by atoms with Gasteiger partial charge in [0.25, 0.3) is 20.2 Å². The van der Waals surface area contributed by atoms with Crippen molar-refractivity contribution in [2.45, 2.75) is 101 Å². The van der Waals surface area contributed by atoms with E-state index in [1.165, 1.54) is 75.6 Å². The standard InChI is InChI=1S/C21H43N3O2.C10H8O6S2/c1-6-10-12-19(8-3)14-22-16-21(5,24(25)26)17-23(18-22)15-20(9-4)13-11-7-2;11-17(12,13)9-5-1-3-7-8(9)4-2-6-10(7)18(14,15)16/h19-20H,6-18H2,1-5H3;1-6H,(H,11,12,13)(H,14,15,16). The zero-order valence-electron chi connectivity index (χ0n) is 26.8. The average molecular weight is 658 g/mol. The Morgan fingerprint density at radius 2 is 1.18 bits per heavy atom. The summed E-state index contributed by atoms with van der Waals surface area (Å²) in [5.74, 6) is 1.32. The molecule has 11 nitrogen and oxygen atoms in total. The van der Waals surface area contributed by atoms with Crippen molar-refractivity contribution in [1.82, 2.24) is 9.80 Å². The van der Waals surface area contributed by atoms with Gasteiger partial charge in [0.15, 0.2) is 0 Å². The molecule has 2 aromatic carbocycles. The van der Waals surface area contributed by atoms with Gasteiger partial charge < -0.3 is 0 Å². The Bertz CT molecular complexity index is 1340. The molecule has 0 amide bonds. The van der Waals surface area contributed by atoms with Crippen molar-refractivity contribution in [2.75, 3.05) is 32.8 Å². The van der Waals surface area contributed by atoms with E-state index in [0.29, 0.717) is 24.9 Å². The predicted molar refractivity (Wildman–Crippen MR) is 174 cm³/mol. The zero-order chi connectivity index (χ0) is 33.1. The highest BCUT2D eigenvalue weighted by Gasteiger charge is 2.45. The molecule has 1 aliphatic heterocycles.